The van der Waals surface area contributed by atoms with Gasteiger partial charge in [-0.15, -0.1) is 0 Å². The maximum atomic E-state index is 12.9. The van der Waals surface area contributed by atoms with Crippen molar-refractivity contribution in [3.8, 4) is 0 Å². The predicted molar refractivity (Wildman–Crippen MR) is 357 cm³/mol. The van der Waals surface area contributed by atoms with Gasteiger partial charge in [-0.05, 0) is 141 Å². The molecule has 0 aliphatic carbocycles. The van der Waals surface area contributed by atoms with Crippen LogP contribution in [0.3, 0.4) is 0 Å². The highest BCUT2D eigenvalue weighted by atomic mass is 16.6. The van der Waals surface area contributed by atoms with Gasteiger partial charge < -0.3 is 14.2 Å². The van der Waals surface area contributed by atoms with Crippen LogP contribution in [0.15, 0.2) is 158 Å². The zero-order valence-corrected chi connectivity index (χ0v) is 52.9. The number of carbonyl (C=O) groups excluding carboxylic acids is 3. The first-order valence-electron chi connectivity index (χ1n) is 33.5. The number of unbranched alkanes of at least 4 members (excludes halogenated alkanes) is 22. The van der Waals surface area contributed by atoms with Gasteiger partial charge in [0.15, 0.2) is 6.10 Å². The van der Waals surface area contributed by atoms with Crippen LogP contribution in [0.5, 0.6) is 0 Å². The molecule has 6 heteroatoms. The van der Waals surface area contributed by atoms with Crippen LogP contribution < -0.4 is 0 Å². The lowest BCUT2D eigenvalue weighted by atomic mass is 10.0. The first-order chi connectivity index (χ1) is 40.5. The van der Waals surface area contributed by atoms with E-state index in [1.54, 1.807) is 0 Å². The summed E-state index contributed by atoms with van der Waals surface area (Å²) in [6.45, 7) is 6.33. The summed E-state index contributed by atoms with van der Waals surface area (Å²) in [5.74, 6) is -0.929. The molecule has 0 rings (SSSR count). The van der Waals surface area contributed by atoms with Crippen molar-refractivity contribution in [2.45, 2.75) is 290 Å². The Morgan fingerprint density at radius 2 is 0.476 bits per heavy atom. The average molecular weight is 1130 g/mol. The van der Waals surface area contributed by atoms with Crippen LogP contribution in [-0.2, 0) is 28.6 Å². The van der Waals surface area contributed by atoms with Gasteiger partial charge in [-0.1, -0.05) is 281 Å². The summed E-state index contributed by atoms with van der Waals surface area (Å²) in [5, 5.41) is 0. The Bertz CT molecular complexity index is 1830. The van der Waals surface area contributed by atoms with Crippen LogP contribution in [-0.4, -0.2) is 37.2 Å². The summed E-state index contributed by atoms with van der Waals surface area (Å²) >= 11 is 0. The van der Waals surface area contributed by atoms with Gasteiger partial charge in [-0.3, -0.25) is 14.4 Å². The molecule has 0 aliphatic heterocycles. The number of rotatable bonds is 59. The maximum Gasteiger partial charge on any atom is 0.306 e. The Kier molecular flexibility index (Phi) is 64.4. The minimum absolute atomic E-state index is 0.0952. The summed E-state index contributed by atoms with van der Waals surface area (Å²) in [4.78, 5) is 38.3. The second-order valence-corrected chi connectivity index (χ2v) is 21.6. The lowest BCUT2D eigenvalue weighted by Gasteiger charge is -2.18. The highest BCUT2D eigenvalue weighted by Gasteiger charge is 2.19. The number of allylic oxidation sites excluding steroid dienone is 26. The van der Waals surface area contributed by atoms with Gasteiger partial charge in [-0.2, -0.15) is 0 Å². The normalized spacial score (nSPS) is 13.2. The standard InChI is InChI=1S/C76H122O6/c1-4-7-10-13-16-19-22-24-26-28-30-32-34-36-38-40-42-44-46-48-50-52-54-57-60-63-66-69-75(78)81-72-73(71-80-74(77)68-65-62-59-56-21-18-15-12-9-6-3)82-76(79)70-67-64-61-58-55-53-51-49-47-45-43-41-39-37-35-33-31-29-27-25-23-20-17-14-11-8-5-2/h7-8,10-12,15-17,19-20,24-27,30-33,36-39,42,44,48,50,73H,4-6,9,13-14,18,21-23,28-29,34-35,40-41,43,45-47,49,51-72H2,1-3H3/b10-7-,11-8-,15-12-,19-16-,20-17-,26-24-,27-25-,32-30-,33-31-,38-36-,39-37-,44-42-,50-48-. The van der Waals surface area contributed by atoms with Crippen molar-refractivity contribution in [2.24, 2.45) is 0 Å². The molecule has 0 aromatic rings. The van der Waals surface area contributed by atoms with E-state index in [4.69, 9.17) is 14.2 Å². The molecule has 0 bridgehead atoms. The minimum Gasteiger partial charge on any atom is -0.462 e. The second kappa shape index (κ2) is 68.5. The van der Waals surface area contributed by atoms with Gasteiger partial charge in [0.1, 0.15) is 13.2 Å². The summed E-state index contributed by atoms with van der Waals surface area (Å²) in [6.07, 6.45) is 99.7. The fourth-order valence-corrected chi connectivity index (χ4v) is 8.80. The van der Waals surface area contributed by atoms with Crippen molar-refractivity contribution in [1.29, 1.82) is 0 Å². The quantitative estimate of drug-likeness (QED) is 0.0261. The number of hydrogen-bond acceptors (Lipinski definition) is 6. The van der Waals surface area contributed by atoms with E-state index in [1.807, 2.05) is 0 Å². The van der Waals surface area contributed by atoms with Gasteiger partial charge >= 0.3 is 17.9 Å². The lowest BCUT2D eigenvalue weighted by Crippen LogP contribution is -2.30. The van der Waals surface area contributed by atoms with Crippen LogP contribution in [0, 0.1) is 0 Å². The Labute approximate surface area is 505 Å². The van der Waals surface area contributed by atoms with Crippen molar-refractivity contribution < 1.29 is 28.6 Å². The Hall–Kier alpha value is -4.97. The second-order valence-electron chi connectivity index (χ2n) is 21.6. The zero-order valence-electron chi connectivity index (χ0n) is 52.9. The largest absolute Gasteiger partial charge is 0.462 e. The molecule has 0 aromatic carbocycles. The van der Waals surface area contributed by atoms with Gasteiger partial charge in [0.2, 0.25) is 0 Å². The van der Waals surface area contributed by atoms with E-state index in [0.717, 1.165) is 173 Å². The highest BCUT2D eigenvalue weighted by Crippen LogP contribution is 2.15. The minimum atomic E-state index is -0.799. The molecule has 0 spiro atoms. The van der Waals surface area contributed by atoms with Crippen molar-refractivity contribution >= 4 is 17.9 Å². The molecule has 0 saturated carbocycles. The highest BCUT2D eigenvalue weighted by molar-refractivity contribution is 5.71. The van der Waals surface area contributed by atoms with Gasteiger partial charge in [0, 0.05) is 19.3 Å². The third-order valence-electron chi connectivity index (χ3n) is 13.7. The number of hydrogen-bond donors (Lipinski definition) is 0. The van der Waals surface area contributed by atoms with E-state index < -0.39 is 6.10 Å². The monoisotopic (exact) mass is 1130 g/mol. The van der Waals surface area contributed by atoms with Crippen LogP contribution in [0.25, 0.3) is 0 Å². The number of esters is 3. The third kappa shape index (κ3) is 65.8. The molecule has 6 nitrogen and oxygen atoms in total. The van der Waals surface area contributed by atoms with E-state index in [1.165, 1.54) is 70.6 Å². The molecule has 0 amide bonds. The molecule has 0 fully saturated rings. The summed E-state index contributed by atoms with van der Waals surface area (Å²) in [5.41, 5.74) is 0. The fraction of sp³-hybridized carbons (Fsp3) is 0.618. The van der Waals surface area contributed by atoms with Gasteiger partial charge in [-0.25, -0.2) is 0 Å². The van der Waals surface area contributed by atoms with Crippen molar-refractivity contribution in [2.75, 3.05) is 13.2 Å². The Morgan fingerprint density at radius 1 is 0.256 bits per heavy atom. The summed E-state index contributed by atoms with van der Waals surface area (Å²) < 4.78 is 16.9. The molecule has 1 unspecified atom stereocenters. The van der Waals surface area contributed by atoms with Crippen LogP contribution in [0.4, 0.5) is 0 Å². The molecule has 0 N–H and O–H groups in total. The Balaban J connectivity index is 4.32. The molecule has 462 valence electrons. The molecule has 0 radical (unpaired) electrons. The fourth-order valence-electron chi connectivity index (χ4n) is 8.80. The van der Waals surface area contributed by atoms with Gasteiger partial charge in [0.25, 0.3) is 0 Å². The smallest absolute Gasteiger partial charge is 0.306 e. The molecular weight excluding hydrogens is 1010 g/mol. The number of carbonyl (C=O) groups is 3. The first-order valence-corrected chi connectivity index (χ1v) is 33.5. The lowest BCUT2D eigenvalue weighted by molar-refractivity contribution is -0.167. The first kappa shape index (κ1) is 77.0. The van der Waals surface area contributed by atoms with Crippen LogP contribution in [0.1, 0.15) is 284 Å². The molecule has 82 heavy (non-hydrogen) atoms. The summed E-state index contributed by atoms with van der Waals surface area (Å²) in [7, 11) is 0. The van der Waals surface area contributed by atoms with Crippen molar-refractivity contribution in [3.05, 3.63) is 158 Å². The van der Waals surface area contributed by atoms with Crippen LogP contribution in [0.2, 0.25) is 0 Å². The van der Waals surface area contributed by atoms with E-state index in [-0.39, 0.29) is 31.1 Å². The van der Waals surface area contributed by atoms with E-state index in [2.05, 4.69) is 179 Å². The summed E-state index contributed by atoms with van der Waals surface area (Å²) in [6, 6.07) is 0. The molecule has 1 atom stereocenters. The molecule has 0 heterocycles. The van der Waals surface area contributed by atoms with E-state index >= 15 is 0 Å². The Morgan fingerprint density at radius 3 is 0.756 bits per heavy atom. The maximum absolute atomic E-state index is 12.9. The molecule has 0 aromatic heterocycles. The van der Waals surface area contributed by atoms with Crippen molar-refractivity contribution in [1.82, 2.24) is 0 Å². The van der Waals surface area contributed by atoms with E-state index in [0.29, 0.717) is 19.3 Å². The van der Waals surface area contributed by atoms with Gasteiger partial charge in [0.05, 0.1) is 0 Å². The SMILES string of the molecule is CC/C=C\C/C=C\C/C=C\C/C=C\C/C=C\C/C=C\C/C=C\CCCCCCCC(=O)OCC(COC(=O)CCCCCCC/C=C\CCC)OC(=O)CCCCCCCCCCCCC/C=C\C/C=C\C/C=C\C/C=C\C/C=C\CC. The average Bonchev–Trinajstić information content (AvgIpc) is 3.48. The van der Waals surface area contributed by atoms with Crippen molar-refractivity contribution in [3.63, 3.8) is 0 Å². The zero-order chi connectivity index (χ0) is 59.2. The molecule has 0 saturated heterocycles. The molecular formula is C76H122O6. The predicted octanol–water partition coefficient (Wildman–Crippen LogP) is 23.3. The van der Waals surface area contributed by atoms with Crippen LogP contribution >= 0.6 is 0 Å². The third-order valence-corrected chi connectivity index (χ3v) is 13.7. The number of ether oxygens (including phenoxy) is 3. The topological polar surface area (TPSA) is 78.9 Å². The molecule has 0 aliphatic rings. The van der Waals surface area contributed by atoms with E-state index in [9.17, 15) is 14.4 Å².